The lowest BCUT2D eigenvalue weighted by molar-refractivity contribution is -0.385. The fourth-order valence-corrected chi connectivity index (χ4v) is 9.39. The monoisotopic (exact) mass is 853 g/mol. The molecule has 0 radical (unpaired) electrons. The van der Waals surface area contributed by atoms with Gasteiger partial charge in [0, 0.05) is 84.7 Å². The van der Waals surface area contributed by atoms with E-state index in [1.54, 1.807) is 24.3 Å². The van der Waals surface area contributed by atoms with Gasteiger partial charge < -0.3 is 24.1 Å². The van der Waals surface area contributed by atoms with E-state index in [4.69, 9.17) is 25.8 Å². The van der Waals surface area contributed by atoms with Crippen LogP contribution in [0.5, 0.6) is 11.5 Å². The molecule has 2 aliphatic heterocycles. The number of nitrogens with zero attached hydrogens (tertiary/aromatic N) is 3. The average molecular weight is 854 g/mol. The van der Waals surface area contributed by atoms with Crippen molar-refractivity contribution in [1.29, 1.82) is 0 Å². The van der Waals surface area contributed by atoms with Gasteiger partial charge in [-0.15, -0.1) is 0 Å². The van der Waals surface area contributed by atoms with Crippen LogP contribution in [0, 0.1) is 15.5 Å². The summed E-state index contributed by atoms with van der Waals surface area (Å²) in [6.45, 7) is 9.58. The number of rotatable bonds is 13. The van der Waals surface area contributed by atoms with Crippen LogP contribution in [0.2, 0.25) is 5.02 Å². The fraction of sp³-hybridized carbons (Fsp3) is 0.356. The third kappa shape index (κ3) is 9.53. The molecular weight excluding hydrogens is 806 g/mol. The van der Waals surface area contributed by atoms with Crippen molar-refractivity contribution in [2.75, 3.05) is 50.8 Å². The molecule has 2 N–H and O–H groups in total. The Balaban J connectivity index is 1.01. The minimum atomic E-state index is -4.54. The number of nitro benzene ring substituents is 1. The number of H-pyrrole nitrogens is 1. The minimum absolute atomic E-state index is 0.0142. The molecule has 0 saturated carbocycles. The summed E-state index contributed by atoms with van der Waals surface area (Å²) in [6, 6.07) is 24.3. The molecule has 2 fully saturated rings. The summed E-state index contributed by atoms with van der Waals surface area (Å²) in [4.78, 5) is 32.7. The molecule has 1 amide bonds. The Bertz CT molecular complexity index is 2540. The van der Waals surface area contributed by atoms with Crippen molar-refractivity contribution in [3.8, 4) is 11.5 Å². The maximum absolute atomic E-state index is 13.9. The van der Waals surface area contributed by atoms with Gasteiger partial charge in [-0.2, -0.15) is 0 Å². The van der Waals surface area contributed by atoms with E-state index in [0.717, 1.165) is 79.7 Å². The second-order valence-corrected chi connectivity index (χ2v) is 18.5. The van der Waals surface area contributed by atoms with Crippen LogP contribution in [0.15, 0.2) is 102 Å². The number of aromatic nitrogens is 1. The number of piperazine rings is 1. The molecular formula is C45H48ClN5O8S. The number of aromatic amines is 1. The molecule has 5 aromatic rings. The van der Waals surface area contributed by atoms with Gasteiger partial charge in [0.25, 0.3) is 21.6 Å². The first-order valence-electron chi connectivity index (χ1n) is 20.2. The van der Waals surface area contributed by atoms with Crippen LogP contribution in [0.25, 0.3) is 16.5 Å². The van der Waals surface area contributed by atoms with Crippen molar-refractivity contribution in [2.45, 2.75) is 57.1 Å². The van der Waals surface area contributed by atoms with Gasteiger partial charge in [-0.25, -0.2) is 13.1 Å². The van der Waals surface area contributed by atoms with Crippen molar-refractivity contribution in [3.63, 3.8) is 0 Å². The summed E-state index contributed by atoms with van der Waals surface area (Å²) in [5.41, 5.74) is 6.02. The zero-order chi connectivity index (χ0) is 42.0. The maximum atomic E-state index is 13.9. The van der Waals surface area contributed by atoms with Crippen molar-refractivity contribution in [3.05, 3.63) is 129 Å². The number of benzene rings is 4. The molecule has 0 bridgehead atoms. The van der Waals surface area contributed by atoms with Crippen molar-refractivity contribution >= 4 is 55.4 Å². The Morgan fingerprint density at radius 1 is 0.983 bits per heavy atom. The molecule has 0 atom stereocenters. The van der Waals surface area contributed by atoms with Gasteiger partial charge in [0.1, 0.15) is 11.5 Å². The molecule has 0 unspecified atom stereocenters. The number of allylic oxidation sites excluding steroid dienone is 1. The zero-order valence-electron chi connectivity index (χ0n) is 33.6. The van der Waals surface area contributed by atoms with E-state index in [1.165, 1.54) is 28.8 Å². The summed E-state index contributed by atoms with van der Waals surface area (Å²) in [5.74, 6) is -0.314. The van der Waals surface area contributed by atoms with Crippen LogP contribution in [-0.2, 0) is 25.9 Å². The summed E-state index contributed by atoms with van der Waals surface area (Å²) >= 11 is 6.24. The first-order chi connectivity index (χ1) is 28.8. The highest BCUT2D eigenvalue weighted by Crippen LogP contribution is 2.43. The molecule has 13 nitrogen and oxygen atoms in total. The number of nitrogens with one attached hydrogen (secondary N) is 2. The number of halogens is 1. The predicted molar refractivity (Wildman–Crippen MR) is 231 cm³/mol. The number of aryl methyl sites for hydroxylation is 1. The number of hydrogen-bond acceptors (Lipinski definition) is 10. The summed E-state index contributed by atoms with van der Waals surface area (Å²) in [5, 5.41) is 13.7. The lowest BCUT2D eigenvalue weighted by Gasteiger charge is -2.39. The molecule has 15 heteroatoms. The number of amides is 1. The Hall–Kier alpha value is -5.25. The summed E-state index contributed by atoms with van der Waals surface area (Å²) < 4.78 is 46.6. The molecule has 2 saturated heterocycles. The molecule has 4 aromatic carbocycles. The largest absolute Gasteiger partial charge is 0.456 e. The van der Waals surface area contributed by atoms with E-state index in [-0.39, 0.29) is 28.8 Å². The lowest BCUT2D eigenvalue weighted by atomic mass is 9.72. The smallest absolute Gasteiger partial charge is 0.273 e. The van der Waals surface area contributed by atoms with Crippen molar-refractivity contribution in [2.24, 2.45) is 5.41 Å². The first kappa shape index (κ1) is 41.5. The molecule has 3 heterocycles. The average Bonchev–Trinajstić information content (AvgIpc) is 3.93. The van der Waals surface area contributed by atoms with Gasteiger partial charge >= 0.3 is 0 Å². The number of carbonyl (C=O) groups is 1. The van der Waals surface area contributed by atoms with Crippen LogP contribution < -0.4 is 14.4 Å². The number of carbonyl (C=O) groups excluding carboxylic acids is 1. The molecule has 0 spiro atoms. The number of fused-ring (bicyclic) bond motifs is 1. The van der Waals surface area contributed by atoms with Crippen LogP contribution in [0.1, 0.15) is 61.0 Å². The highest BCUT2D eigenvalue weighted by molar-refractivity contribution is 7.90. The third-order valence-corrected chi connectivity index (χ3v) is 13.2. The van der Waals surface area contributed by atoms with Crippen molar-refractivity contribution < 1.29 is 32.3 Å². The molecule has 60 heavy (non-hydrogen) atoms. The highest BCUT2D eigenvalue weighted by Gasteiger charge is 2.31. The van der Waals surface area contributed by atoms with Gasteiger partial charge in [-0.1, -0.05) is 49.2 Å². The molecule has 1 aromatic heterocycles. The molecule has 3 aliphatic rings. The lowest BCUT2D eigenvalue weighted by Crippen LogP contribution is -2.47. The zero-order valence-corrected chi connectivity index (χ0v) is 35.2. The van der Waals surface area contributed by atoms with Gasteiger partial charge in [0.2, 0.25) is 0 Å². The van der Waals surface area contributed by atoms with Gasteiger partial charge in [0.15, 0.2) is 6.29 Å². The van der Waals surface area contributed by atoms with Gasteiger partial charge in [-0.05, 0) is 96.8 Å². The second kappa shape index (κ2) is 17.4. The third-order valence-electron chi connectivity index (χ3n) is 11.6. The Kier molecular flexibility index (Phi) is 12.0. The Morgan fingerprint density at radius 3 is 2.50 bits per heavy atom. The topological polar surface area (TPSA) is 156 Å². The van der Waals surface area contributed by atoms with E-state index in [0.29, 0.717) is 30.9 Å². The normalized spacial score (nSPS) is 17.6. The van der Waals surface area contributed by atoms with Crippen LogP contribution >= 0.6 is 11.6 Å². The predicted octanol–water partition coefficient (Wildman–Crippen LogP) is 8.73. The molecule has 314 valence electrons. The van der Waals surface area contributed by atoms with Gasteiger partial charge in [-0.3, -0.25) is 19.8 Å². The van der Waals surface area contributed by atoms with E-state index < -0.39 is 32.0 Å². The number of anilines is 1. The fourth-order valence-electron chi connectivity index (χ4n) is 8.27. The first-order valence-corrected chi connectivity index (χ1v) is 22.1. The summed E-state index contributed by atoms with van der Waals surface area (Å²) in [7, 11) is -4.54. The number of sulfonamides is 1. The molecule has 8 rings (SSSR count). The van der Waals surface area contributed by atoms with Crippen molar-refractivity contribution in [1.82, 2.24) is 14.6 Å². The SMILES string of the molecule is CC1(C)CCC(CN2CCN(c3ccc(C(=O)NS(=O)(=O)c4ccc(CCC5OCCO5)c([N+](=O)[O-])c4)c(Oc4ccc5[nH]ccc5c4)c3)CC2)=C(c2ccc(Cl)cc2)C1. The second-order valence-electron chi connectivity index (χ2n) is 16.4. The van der Waals surface area contributed by atoms with E-state index in [9.17, 15) is 23.3 Å². The minimum Gasteiger partial charge on any atom is -0.456 e. The quantitative estimate of drug-likeness (QED) is 0.0868. The van der Waals surface area contributed by atoms with E-state index in [1.807, 2.05) is 36.5 Å². The van der Waals surface area contributed by atoms with Crippen LogP contribution in [-0.4, -0.2) is 81.4 Å². The van der Waals surface area contributed by atoms with E-state index >= 15 is 0 Å². The summed E-state index contributed by atoms with van der Waals surface area (Å²) in [6.07, 6.45) is 5.16. The van der Waals surface area contributed by atoms with Crippen LogP contribution in [0.4, 0.5) is 11.4 Å². The van der Waals surface area contributed by atoms with Gasteiger partial charge in [0.05, 0.1) is 28.6 Å². The Labute approximate surface area is 354 Å². The number of nitro groups is 1. The van der Waals surface area contributed by atoms with E-state index in [2.05, 4.69) is 45.5 Å². The maximum Gasteiger partial charge on any atom is 0.273 e. The Morgan fingerprint density at radius 2 is 1.75 bits per heavy atom. The number of hydrogen-bond donors (Lipinski definition) is 2. The standard InChI is InChI=1S/C45H48ClN5O8S/c1-45(2)17-15-33(39(28-45)30-3-7-34(46)8-4-30)29-49-19-21-50(22-20-49)35-9-12-38(42(26-35)59-36-10-13-40-32(25-36)16-18-47-40)44(52)48-60(55,56)37-11-5-31(41(27-37)51(53)54)6-14-43-57-23-24-58-43/h3-5,7-13,16,18,25-27,43,47H,6,14-15,17,19-24,28-29H2,1-2H3,(H,48,52). The number of ether oxygens (including phenoxy) is 3. The van der Waals surface area contributed by atoms with Crippen LogP contribution in [0.3, 0.4) is 0 Å². The molecule has 1 aliphatic carbocycles. The highest BCUT2D eigenvalue weighted by atomic mass is 35.5.